The summed E-state index contributed by atoms with van der Waals surface area (Å²) < 4.78 is 0. The molecular formula is C14H12. The van der Waals surface area contributed by atoms with Crippen molar-refractivity contribution in [2.24, 2.45) is 0 Å². The smallest absolute Gasteiger partial charge is 0.00169 e. The Morgan fingerprint density at radius 2 is 1.79 bits per heavy atom. The van der Waals surface area contributed by atoms with E-state index < -0.39 is 0 Å². The van der Waals surface area contributed by atoms with Crippen LogP contribution in [-0.2, 0) is 6.42 Å². The molecule has 0 aliphatic heterocycles. The van der Waals surface area contributed by atoms with Crippen LogP contribution < -0.4 is 0 Å². The van der Waals surface area contributed by atoms with Crippen molar-refractivity contribution in [3.8, 4) is 0 Å². The molecule has 0 saturated carbocycles. The molecule has 68 valence electrons. The minimum absolute atomic E-state index is 0.917. The van der Waals surface area contributed by atoms with Gasteiger partial charge in [-0.25, -0.2) is 0 Å². The van der Waals surface area contributed by atoms with E-state index in [1.54, 1.807) is 0 Å². The quantitative estimate of drug-likeness (QED) is 0.665. The first-order chi connectivity index (χ1) is 6.86. The van der Waals surface area contributed by atoms with Gasteiger partial charge in [0, 0.05) is 0 Å². The molecule has 0 unspecified atom stereocenters. The van der Waals surface area contributed by atoms with Gasteiger partial charge < -0.3 is 0 Å². The van der Waals surface area contributed by atoms with Gasteiger partial charge in [0.05, 0.1) is 0 Å². The molecule has 0 heteroatoms. The first-order valence-electron chi connectivity index (χ1n) is 4.72. The highest BCUT2D eigenvalue weighted by atomic mass is 14.0. The highest BCUT2D eigenvalue weighted by Gasteiger charge is 1.98. The van der Waals surface area contributed by atoms with Crippen molar-refractivity contribution in [1.82, 2.24) is 0 Å². The van der Waals surface area contributed by atoms with E-state index in [1.165, 1.54) is 11.1 Å². The van der Waals surface area contributed by atoms with Crippen LogP contribution in [0, 0.1) is 13.0 Å². The minimum atomic E-state index is 0.917. The van der Waals surface area contributed by atoms with E-state index in [-0.39, 0.29) is 0 Å². The van der Waals surface area contributed by atoms with Gasteiger partial charge in [-0.3, -0.25) is 0 Å². The summed E-state index contributed by atoms with van der Waals surface area (Å²) in [5.41, 5.74) is 3.59. The van der Waals surface area contributed by atoms with Crippen LogP contribution in [0.3, 0.4) is 0 Å². The van der Waals surface area contributed by atoms with Gasteiger partial charge >= 0.3 is 0 Å². The van der Waals surface area contributed by atoms with Crippen molar-refractivity contribution < 1.29 is 0 Å². The van der Waals surface area contributed by atoms with Gasteiger partial charge in [-0.05, 0) is 36.1 Å². The molecule has 2 aromatic rings. The topological polar surface area (TPSA) is 0 Å². The fourth-order valence-electron chi connectivity index (χ4n) is 1.48. The molecule has 0 fully saturated rings. The van der Waals surface area contributed by atoms with Crippen LogP contribution in [-0.4, -0.2) is 0 Å². The molecule has 0 spiro atoms. The molecule has 0 heterocycles. The first-order valence-corrected chi connectivity index (χ1v) is 4.72. The van der Waals surface area contributed by atoms with Crippen molar-refractivity contribution in [3.63, 3.8) is 0 Å². The number of hydrogen-bond acceptors (Lipinski definition) is 0. The van der Waals surface area contributed by atoms with Gasteiger partial charge in [0.1, 0.15) is 0 Å². The normalized spacial score (nSPS) is 10.1. The Bertz CT molecular complexity index is 401. The molecule has 0 amide bonds. The second kappa shape index (κ2) is 4.10. The average molecular weight is 180 g/mol. The summed E-state index contributed by atoms with van der Waals surface area (Å²) in [6.45, 7) is 4.00. The summed E-state index contributed by atoms with van der Waals surface area (Å²) in [6.07, 6.45) is 0.917. The highest BCUT2D eigenvalue weighted by Crippen LogP contribution is 2.12. The van der Waals surface area contributed by atoms with Crippen LogP contribution in [0.25, 0.3) is 0 Å². The number of rotatable bonds is 2. The molecule has 2 radical (unpaired) electrons. The predicted octanol–water partition coefficient (Wildman–Crippen LogP) is 3.26. The lowest BCUT2D eigenvalue weighted by Gasteiger charge is -2.04. The van der Waals surface area contributed by atoms with E-state index in [2.05, 4.69) is 25.1 Å². The second-order valence-corrected chi connectivity index (χ2v) is 3.33. The zero-order valence-corrected chi connectivity index (χ0v) is 8.03. The van der Waals surface area contributed by atoms with Crippen LogP contribution in [0.2, 0.25) is 0 Å². The molecule has 0 bridgehead atoms. The third kappa shape index (κ3) is 2.02. The molecule has 0 aromatic heterocycles. The van der Waals surface area contributed by atoms with E-state index in [9.17, 15) is 0 Å². The van der Waals surface area contributed by atoms with Crippen LogP contribution in [0.4, 0.5) is 0 Å². The predicted molar refractivity (Wildman–Crippen MR) is 59.0 cm³/mol. The fourth-order valence-corrected chi connectivity index (χ4v) is 1.48. The van der Waals surface area contributed by atoms with Crippen molar-refractivity contribution in [2.75, 3.05) is 0 Å². The summed E-state index contributed by atoms with van der Waals surface area (Å²) >= 11 is 0. The summed E-state index contributed by atoms with van der Waals surface area (Å²) in [7, 11) is 0. The zero-order chi connectivity index (χ0) is 9.80. The van der Waals surface area contributed by atoms with Crippen molar-refractivity contribution in [2.45, 2.75) is 6.42 Å². The van der Waals surface area contributed by atoms with E-state index in [1.807, 2.05) is 36.4 Å². The summed E-state index contributed by atoms with van der Waals surface area (Å²) in [6, 6.07) is 19.5. The third-order valence-electron chi connectivity index (χ3n) is 2.27. The maximum atomic E-state index is 4.00. The number of hydrogen-bond donors (Lipinski definition) is 0. The fraction of sp³-hybridized carbons (Fsp3) is 0.0714. The molecule has 14 heavy (non-hydrogen) atoms. The Hall–Kier alpha value is -1.56. The Balaban J connectivity index is 2.24. The minimum Gasteiger partial charge on any atom is -0.0620 e. The Labute approximate surface area is 85.2 Å². The van der Waals surface area contributed by atoms with Gasteiger partial charge in [-0.1, -0.05) is 48.5 Å². The monoisotopic (exact) mass is 180 g/mol. The Kier molecular flexibility index (Phi) is 2.64. The molecule has 0 nitrogen and oxygen atoms in total. The summed E-state index contributed by atoms with van der Waals surface area (Å²) in [5.74, 6) is 0. The lowest BCUT2D eigenvalue weighted by atomic mass is 10.0. The molecule has 2 aromatic carbocycles. The van der Waals surface area contributed by atoms with Gasteiger partial charge in [0.2, 0.25) is 0 Å². The number of benzene rings is 2. The van der Waals surface area contributed by atoms with Crippen molar-refractivity contribution in [3.05, 3.63) is 78.2 Å². The van der Waals surface area contributed by atoms with Crippen molar-refractivity contribution >= 4 is 0 Å². The maximum Gasteiger partial charge on any atom is -0.00169 e. The molecular weight excluding hydrogens is 168 g/mol. The average Bonchev–Trinajstić information content (AvgIpc) is 2.23. The van der Waals surface area contributed by atoms with Crippen LogP contribution in [0.15, 0.2) is 48.5 Å². The largest absolute Gasteiger partial charge is 0.0620 e. The van der Waals surface area contributed by atoms with E-state index in [0.717, 1.165) is 12.0 Å². The lowest BCUT2D eigenvalue weighted by Crippen LogP contribution is -1.90. The van der Waals surface area contributed by atoms with Gasteiger partial charge in [0.15, 0.2) is 0 Å². The highest BCUT2D eigenvalue weighted by molar-refractivity contribution is 5.33. The van der Waals surface area contributed by atoms with Crippen LogP contribution in [0.5, 0.6) is 0 Å². The first kappa shape index (κ1) is 9.01. The van der Waals surface area contributed by atoms with Crippen LogP contribution >= 0.6 is 0 Å². The Morgan fingerprint density at radius 1 is 1.00 bits per heavy atom. The summed E-state index contributed by atoms with van der Waals surface area (Å²) in [5, 5.41) is 0. The van der Waals surface area contributed by atoms with Gasteiger partial charge in [-0.15, -0.1) is 0 Å². The molecule has 0 atom stereocenters. The molecule has 0 saturated heterocycles. The Morgan fingerprint density at radius 3 is 2.50 bits per heavy atom. The molecule has 0 aliphatic carbocycles. The third-order valence-corrected chi connectivity index (χ3v) is 2.27. The molecule has 2 rings (SSSR count). The SMILES string of the molecule is [CH2]c1ccccc1Cc1[c]cccc1. The van der Waals surface area contributed by atoms with Gasteiger partial charge in [-0.2, -0.15) is 0 Å². The standard InChI is InChI=1S/C14H12/c1-12-7-5-6-10-14(12)11-13-8-3-2-4-9-13/h2-8,10H,1,11H2. The molecule has 0 N–H and O–H groups in total. The van der Waals surface area contributed by atoms with Crippen LogP contribution in [0.1, 0.15) is 16.7 Å². The zero-order valence-electron chi connectivity index (χ0n) is 8.03. The van der Waals surface area contributed by atoms with Gasteiger partial charge in [0.25, 0.3) is 0 Å². The molecule has 0 aliphatic rings. The second-order valence-electron chi connectivity index (χ2n) is 3.33. The van der Waals surface area contributed by atoms with E-state index in [0.29, 0.717) is 0 Å². The van der Waals surface area contributed by atoms with E-state index in [4.69, 9.17) is 0 Å². The lowest BCUT2D eigenvalue weighted by molar-refractivity contribution is 1.17. The maximum absolute atomic E-state index is 4.00. The van der Waals surface area contributed by atoms with Crippen molar-refractivity contribution in [1.29, 1.82) is 0 Å². The van der Waals surface area contributed by atoms with E-state index >= 15 is 0 Å². The summed E-state index contributed by atoms with van der Waals surface area (Å²) in [4.78, 5) is 0.